The first-order chi connectivity index (χ1) is 21.9. The van der Waals surface area contributed by atoms with Gasteiger partial charge < -0.3 is 14.9 Å². The number of esters is 1. The second-order valence-electron chi connectivity index (χ2n) is 13.5. The molecule has 6 heteroatoms. The molecule has 1 N–H and O–H groups in total. The summed E-state index contributed by atoms with van der Waals surface area (Å²) in [5.74, 6) is -1.83. The van der Waals surface area contributed by atoms with Crippen LogP contribution in [0.25, 0.3) is 0 Å². The third kappa shape index (κ3) is 30.8. The summed E-state index contributed by atoms with van der Waals surface area (Å²) in [7, 11) is 0. The van der Waals surface area contributed by atoms with Crippen molar-refractivity contribution < 1.29 is 24.5 Å². The van der Waals surface area contributed by atoms with Crippen molar-refractivity contribution in [2.75, 3.05) is 0 Å². The van der Waals surface area contributed by atoms with E-state index in [0.29, 0.717) is 6.42 Å². The van der Waals surface area contributed by atoms with Crippen LogP contribution in [0.1, 0.15) is 220 Å². The zero-order valence-corrected chi connectivity index (χ0v) is 30.1. The number of carboxylic acids is 1. The summed E-state index contributed by atoms with van der Waals surface area (Å²) in [4.78, 5) is 28.5. The van der Waals surface area contributed by atoms with Gasteiger partial charge in [-0.15, -0.1) is 0 Å². The van der Waals surface area contributed by atoms with E-state index in [4.69, 9.17) is 4.74 Å². The van der Waals surface area contributed by atoms with Crippen molar-refractivity contribution in [2.45, 2.75) is 232 Å². The van der Waals surface area contributed by atoms with Crippen LogP contribution in [0, 0.1) is 0 Å². The zero-order valence-electron chi connectivity index (χ0n) is 30.1. The predicted octanol–water partition coefficient (Wildman–Crippen LogP) is 11.3. The molecule has 1 unspecified atom stereocenters. The maximum Gasteiger partial charge on any atom is 0.331 e. The minimum Gasteiger partial charge on any atom is -0.862 e. The Bertz CT molecular complexity index is 695. The lowest BCUT2D eigenvalue weighted by molar-refractivity contribution is -0.219. The van der Waals surface area contributed by atoms with Gasteiger partial charge in [0.15, 0.2) is 0 Å². The van der Waals surface area contributed by atoms with Gasteiger partial charge in [0.2, 0.25) is 0 Å². The van der Waals surface area contributed by atoms with Crippen LogP contribution in [-0.4, -0.2) is 35.1 Å². The molecule has 0 fully saturated rings. The smallest absolute Gasteiger partial charge is 0.331 e. The summed E-state index contributed by atoms with van der Waals surface area (Å²) in [5.41, 5.74) is 0. The number of rotatable bonds is 35. The SMILES string of the molecule is CCCCCCCCCCCCCCCCCC(CCCC)OC(=O)[C@H](CCC(=O)O)N=C([O-])CCCCCCCCCCC. The van der Waals surface area contributed by atoms with Crippen LogP contribution in [0.3, 0.4) is 0 Å². The first kappa shape index (κ1) is 43.4. The number of hydrogen-bond donors (Lipinski definition) is 1. The van der Waals surface area contributed by atoms with Gasteiger partial charge in [-0.25, -0.2) is 4.79 Å². The molecule has 0 aliphatic heterocycles. The van der Waals surface area contributed by atoms with Crippen LogP contribution < -0.4 is 5.11 Å². The summed E-state index contributed by atoms with van der Waals surface area (Å²) in [6.07, 6.45) is 33.8. The summed E-state index contributed by atoms with van der Waals surface area (Å²) in [6, 6.07) is -1.02. The lowest BCUT2D eigenvalue weighted by Gasteiger charge is -2.22. The standard InChI is InChI=1S/C39H75NO5/c1-4-7-10-12-14-16-17-18-19-20-21-23-24-26-28-31-35(30-9-6-3)45-39(44)36(33-34-38(42)43)40-37(41)32-29-27-25-22-15-13-11-8-5-2/h35-36H,4-34H2,1-3H3,(H,40,41)(H,42,43)/p-1/t35?,36-/m0/s1. The Morgan fingerprint density at radius 3 is 1.33 bits per heavy atom. The van der Waals surface area contributed by atoms with Gasteiger partial charge in [-0.2, -0.15) is 0 Å². The molecule has 6 nitrogen and oxygen atoms in total. The average molecular weight is 637 g/mol. The lowest BCUT2D eigenvalue weighted by Crippen LogP contribution is -2.31. The summed E-state index contributed by atoms with van der Waals surface area (Å²) in [5, 5.41) is 21.8. The predicted molar refractivity (Wildman–Crippen MR) is 189 cm³/mol. The molecule has 0 aromatic heterocycles. The number of aliphatic carboxylic acids is 1. The molecule has 0 aliphatic rings. The molecule has 45 heavy (non-hydrogen) atoms. The Balaban J connectivity index is 4.40. The fourth-order valence-electron chi connectivity index (χ4n) is 6.00. The summed E-state index contributed by atoms with van der Waals surface area (Å²) < 4.78 is 5.89. The van der Waals surface area contributed by atoms with Gasteiger partial charge in [0.05, 0.1) is 0 Å². The van der Waals surface area contributed by atoms with E-state index in [1.807, 2.05) is 0 Å². The van der Waals surface area contributed by atoms with E-state index >= 15 is 0 Å². The van der Waals surface area contributed by atoms with E-state index in [2.05, 4.69) is 25.8 Å². The van der Waals surface area contributed by atoms with E-state index in [-0.39, 0.29) is 24.8 Å². The molecule has 0 bridgehead atoms. The molecule has 0 saturated carbocycles. The van der Waals surface area contributed by atoms with E-state index in [0.717, 1.165) is 57.8 Å². The second kappa shape index (κ2) is 33.8. The summed E-state index contributed by atoms with van der Waals surface area (Å²) >= 11 is 0. The molecule has 266 valence electrons. The van der Waals surface area contributed by atoms with Gasteiger partial charge in [-0.1, -0.05) is 175 Å². The minimum atomic E-state index is -1.02. The highest BCUT2D eigenvalue weighted by Crippen LogP contribution is 2.19. The van der Waals surface area contributed by atoms with Crippen molar-refractivity contribution in [3.63, 3.8) is 0 Å². The van der Waals surface area contributed by atoms with E-state index < -0.39 is 18.0 Å². The van der Waals surface area contributed by atoms with Gasteiger partial charge in [0, 0.05) is 6.42 Å². The highest BCUT2D eigenvalue weighted by molar-refractivity contribution is 5.81. The van der Waals surface area contributed by atoms with Gasteiger partial charge >= 0.3 is 11.9 Å². The number of ether oxygens (including phenoxy) is 1. The highest BCUT2D eigenvalue weighted by atomic mass is 16.5. The zero-order chi connectivity index (χ0) is 33.2. The van der Waals surface area contributed by atoms with Crippen LogP contribution in [0.4, 0.5) is 0 Å². The highest BCUT2D eigenvalue weighted by Gasteiger charge is 2.23. The monoisotopic (exact) mass is 637 g/mol. The number of unbranched alkanes of at least 4 members (excludes halogenated alkanes) is 23. The Kier molecular flexibility index (Phi) is 32.6. The molecule has 2 atom stereocenters. The van der Waals surface area contributed by atoms with Crippen LogP contribution in [-0.2, 0) is 14.3 Å². The number of carboxylic acid groups (broad SMARTS) is 1. The van der Waals surface area contributed by atoms with Crippen LogP contribution in [0.15, 0.2) is 4.99 Å². The van der Waals surface area contributed by atoms with Crippen molar-refractivity contribution in [3.05, 3.63) is 0 Å². The third-order valence-electron chi connectivity index (χ3n) is 8.99. The largest absolute Gasteiger partial charge is 0.862 e. The normalized spacial score (nSPS) is 13.2. The van der Waals surface area contributed by atoms with Gasteiger partial charge in [-0.05, 0) is 44.4 Å². The fourth-order valence-corrected chi connectivity index (χ4v) is 6.00. The maximum absolute atomic E-state index is 13.1. The van der Waals surface area contributed by atoms with E-state index in [1.54, 1.807) is 0 Å². The summed E-state index contributed by atoms with van der Waals surface area (Å²) in [6.45, 7) is 6.62. The quantitative estimate of drug-likeness (QED) is 0.0323. The van der Waals surface area contributed by atoms with Gasteiger partial charge in [0.1, 0.15) is 12.1 Å². The topological polar surface area (TPSA) is 99.0 Å². The minimum absolute atomic E-state index is 0.0110. The maximum atomic E-state index is 13.1. The van der Waals surface area contributed by atoms with Crippen molar-refractivity contribution in [2.24, 2.45) is 4.99 Å². The Labute approximate surface area is 279 Å². The number of hydrogen-bond acceptors (Lipinski definition) is 5. The Morgan fingerprint density at radius 1 is 0.533 bits per heavy atom. The molecular weight excluding hydrogens is 562 g/mol. The van der Waals surface area contributed by atoms with E-state index in [1.165, 1.54) is 122 Å². The number of carbonyl (C=O) groups is 2. The van der Waals surface area contributed by atoms with Crippen molar-refractivity contribution in [3.8, 4) is 0 Å². The Hall–Kier alpha value is -1.59. The lowest BCUT2D eigenvalue weighted by atomic mass is 10.0. The molecule has 0 spiro atoms. The van der Waals surface area contributed by atoms with Crippen molar-refractivity contribution in [1.82, 2.24) is 0 Å². The molecule has 0 rings (SSSR count). The number of carbonyl (C=O) groups excluding carboxylic acids is 1. The molecule has 0 radical (unpaired) electrons. The second-order valence-corrected chi connectivity index (χ2v) is 13.5. The molecule has 0 aliphatic carbocycles. The van der Waals surface area contributed by atoms with Crippen LogP contribution in [0.2, 0.25) is 0 Å². The molecule has 0 amide bonds. The van der Waals surface area contributed by atoms with E-state index in [9.17, 15) is 19.8 Å². The number of nitrogens with zero attached hydrogens (tertiary/aromatic N) is 1. The Morgan fingerprint density at radius 2 is 0.911 bits per heavy atom. The van der Waals surface area contributed by atoms with Crippen LogP contribution >= 0.6 is 0 Å². The first-order valence-electron chi connectivity index (χ1n) is 19.6. The van der Waals surface area contributed by atoms with Crippen molar-refractivity contribution >= 4 is 17.8 Å². The molecule has 0 saturated heterocycles. The first-order valence-corrected chi connectivity index (χ1v) is 19.6. The average Bonchev–Trinajstić information content (AvgIpc) is 3.02. The molecule has 0 aromatic carbocycles. The van der Waals surface area contributed by atoms with Crippen molar-refractivity contribution in [1.29, 1.82) is 0 Å². The number of aliphatic imine (C=N–C) groups is 1. The molecule has 0 heterocycles. The fraction of sp³-hybridized carbons (Fsp3) is 0.923. The molecule has 0 aromatic rings. The van der Waals surface area contributed by atoms with Gasteiger partial charge in [-0.3, -0.25) is 9.79 Å². The molecular formula is C39H74NO5-. The third-order valence-corrected chi connectivity index (χ3v) is 8.99. The van der Waals surface area contributed by atoms with Crippen LogP contribution in [0.5, 0.6) is 0 Å². The van der Waals surface area contributed by atoms with Gasteiger partial charge in [0.25, 0.3) is 0 Å².